The van der Waals surface area contributed by atoms with Gasteiger partial charge in [0.1, 0.15) is 0 Å². The van der Waals surface area contributed by atoms with E-state index in [4.69, 9.17) is 0 Å². The molecule has 0 rings (SSSR count). The largest absolute Gasteiger partial charge is 0.384 e. The molecule has 11 heavy (non-hydrogen) atoms. The lowest BCUT2D eigenvalue weighted by Crippen LogP contribution is -2.34. The van der Waals surface area contributed by atoms with Crippen LogP contribution < -0.4 is 10.0 Å². The smallest absolute Gasteiger partial charge is 0.214 e. The Labute approximate surface area is 67.2 Å². The average molecular weight is 182 g/mol. The van der Waals surface area contributed by atoms with E-state index in [1.165, 1.54) is 7.11 Å². The van der Waals surface area contributed by atoms with Crippen molar-refractivity contribution < 1.29 is 13.2 Å². The van der Waals surface area contributed by atoms with Gasteiger partial charge in [-0.1, -0.05) is 0 Å². The van der Waals surface area contributed by atoms with E-state index in [1.54, 1.807) is 7.05 Å². The predicted octanol–water partition coefficient (Wildman–Crippen LogP) is -1.27. The van der Waals surface area contributed by atoms with E-state index in [2.05, 4.69) is 14.8 Å². The fraction of sp³-hybridized carbons (Fsp3) is 1.00. The Morgan fingerprint density at radius 2 is 2.09 bits per heavy atom. The highest BCUT2D eigenvalue weighted by molar-refractivity contribution is 7.89. The fourth-order valence-corrected chi connectivity index (χ4v) is 1.34. The summed E-state index contributed by atoms with van der Waals surface area (Å²) in [6.45, 7) is 0.477. The van der Waals surface area contributed by atoms with Crippen molar-refractivity contribution in [1.82, 2.24) is 10.0 Å². The third-order valence-corrected chi connectivity index (χ3v) is 2.31. The van der Waals surface area contributed by atoms with Gasteiger partial charge in [-0.15, -0.1) is 0 Å². The third kappa shape index (κ3) is 6.24. The maximum atomic E-state index is 10.9. The molecule has 0 saturated heterocycles. The summed E-state index contributed by atoms with van der Waals surface area (Å²) in [6.07, 6.45) is 0. The van der Waals surface area contributed by atoms with Crippen LogP contribution in [0, 0.1) is 0 Å². The Kier molecular flexibility index (Phi) is 5.39. The van der Waals surface area contributed by atoms with Crippen LogP contribution in [-0.2, 0) is 14.8 Å². The van der Waals surface area contributed by atoms with Gasteiger partial charge in [-0.25, -0.2) is 13.1 Å². The number of hydrogen-bond acceptors (Lipinski definition) is 4. The fourth-order valence-electron chi connectivity index (χ4n) is 0.447. The van der Waals surface area contributed by atoms with E-state index in [9.17, 15) is 8.42 Å². The van der Waals surface area contributed by atoms with Crippen LogP contribution in [0.1, 0.15) is 0 Å². The molecule has 0 aromatic heterocycles. The summed E-state index contributed by atoms with van der Waals surface area (Å²) >= 11 is 0. The summed E-state index contributed by atoms with van der Waals surface area (Å²) in [5.41, 5.74) is 0. The van der Waals surface area contributed by atoms with E-state index in [-0.39, 0.29) is 19.0 Å². The van der Waals surface area contributed by atoms with Gasteiger partial charge in [-0.3, -0.25) is 0 Å². The lowest BCUT2D eigenvalue weighted by molar-refractivity contribution is 0.217. The highest BCUT2D eigenvalue weighted by Crippen LogP contribution is 1.81. The Hall–Kier alpha value is -0.170. The Balaban J connectivity index is 3.63. The SMILES string of the molecule is CNCNS(=O)(=O)CCOC. The van der Waals surface area contributed by atoms with Crippen molar-refractivity contribution in [2.75, 3.05) is 33.2 Å². The first-order valence-corrected chi connectivity index (χ1v) is 4.88. The van der Waals surface area contributed by atoms with E-state index in [1.807, 2.05) is 0 Å². The van der Waals surface area contributed by atoms with Crippen molar-refractivity contribution in [1.29, 1.82) is 0 Å². The molecule has 0 atom stereocenters. The van der Waals surface area contributed by atoms with Crippen molar-refractivity contribution in [3.05, 3.63) is 0 Å². The molecular weight excluding hydrogens is 168 g/mol. The molecular formula is C5H14N2O3S. The second-order valence-corrected chi connectivity index (χ2v) is 3.91. The van der Waals surface area contributed by atoms with Gasteiger partial charge >= 0.3 is 0 Å². The molecule has 0 aliphatic carbocycles. The highest BCUT2D eigenvalue weighted by Gasteiger charge is 2.06. The number of sulfonamides is 1. The number of hydrogen-bond donors (Lipinski definition) is 2. The van der Waals surface area contributed by atoms with E-state index in [0.29, 0.717) is 0 Å². The standard InChI is InChI=1S/C5H14N2O3S/c1-6-5-7-11(8,9)4-3-10-2/h6-7H,3-5H2,1-2H3. The normalized spacial score (nSPS) is 11.8. The molecule has 0 spiro atoms. The molecule has 0 radical (unpaired) electrons. The Morgan fingerprint density at radius 1 is 1.45 bits per heavy atom. The van der Waals surface area contributed by atoms with Gasteiger partial charge in [0, 0.05) is 7.11 Å². The highest BCUT2D eigenvalue weighted by atomic mass is 32.2. The molecule has 68 valence electrons. The van der Waals surface area contributed by atoms with Crippen LogP contribution in [0.5, 0.6) is 0 Å². The van der Waals surface area contributed by atoms with Gasteiger partial charge in [0.25, 0.3) is 0 Å². The zero-order chi connectivity index (χ0) is 8.74. The predicted molar refractivity (Wildman–Crippen MR) is 42.7 cm³/mol. The van der Waals surface area contributed by atoms with Crippen LogP contribution in [0.15, 0.2) is 0 Å². The molecule has 6 heteroatoms. The summed E-state index contributed by atoms with van der Waals surface area (Å²) in [5, 5.41) is 2.67. The quantitative estimate of drug-likeness (QED) is 0.503. The summed E-state index contributed by atoms with van der Waals surface area (Å²) in [6, 6.07) is 0. The molecule has 0 aliphatic heterocycles. The number of rotatable bonds is 6. The summed E-state index contributed by atoms with van der Waals surface area (Å²) < 4.78 is 28.8. The van der Waals surface area contributed by atoms with Crippen LogP contribution in [0.4, 0.5) is 0 Å². The lowest BCUT2D eigenvalue weighted by Gasteiger charge is -2.04. The first-order valence-electron chi connectivity index (χ1n) is 3.23. The van der Waals surface area contributed by atoms with Crippen LogP contribution in [0.2, 0.25) is 0 Å². The van der Waals surface area contributed by atoms with Gasteiger partial charge in [-0.2, -0.15) is 0 Å². The Bertz CT molecular complexity index is 164. The monoisotopic (exact) mass is 182 g/mol. The molecule has 0 amide bonds. The molecule has 0 aromatic carbocycles. The van der Waals surface area contributed by atoms with Gasteiger partial charge in [0.15, 0.2) is 0 Å². The second-order valence-electron chi connectivity index (χ2n) is 1.99. The number of nitrogens with one attached hydrogen (secondary N) is 2. The molecule has 0 bridgehead atoms. The van der Waals surface area contributed by atoms with E-state index >= 15 is 0 Å². The lowest BCUT2D eigenvalue weighted by atomic mass is 10.9. The molecule has 0 heterocycles. The van der Waals surface area contributed by atoms with Crippen molar-refractivity contribution >= 4 is 10.0 Å². The maximum Gasteiger partial charge on any atom is 0.214 e. The molecule has 0 aromatic rings. The second kappa shape index (κ2) is 5.48. The molecule has 5 nitrogen and oxygen atoms in total. The van der Waals surface area contributed by atoms with Gasteiger partial charge in [0.2, 0.25) is 10.0 Å². The molecule has 0 saturated carbocycles. The first kappa shape index (κ1) is 10.8. The zero-order valence-electron chi connectivity index (χ0n) is 6.75. The minimum absolute atomic E-state index is 0.00514. The molecule has 0 aliphatic rings. The summed E-state index contributed by atoms with van der Waals surface area (Å²) in [4.78, 5) is 0. The van der Waals surface area contributed by atoms with Crippen LogP contribution in [-0.4, -0.2) is 41.6 Å². The Morgan fingerprint density at radius 3 is 2.55 bits per heavy atom. The molecule has 0 unspecified atom stereocenters. The van der Waals surface area contributed by atoms with Gasteiger partial charge in [-0.05, 0) is 7.05 Å². The van der Waals surface area contributed by atoms with Crippen LogP contribution in [0.3, 0.4) is 0 Å². The maximum absolute atomic E-state index is 10.9. The van der Waals surface area contributed by atoms with Crippen LogP contribution >= 0.6 is 0 Å². The van der Waals surface area contributed by atoms with Crippen molar-refractivity contribution in [3.8, 4) is 0 Å². The van der Waals surface area contributed by atoms with E-state index < -0.39 is 10.0 Å². The van der Waals surface area contributed by atoms with Gasteiger partial charge in [0.05, 0.1) is 19.0 Å². The number of ether oxygens (including phenoxy) is 1. The third-order valence-electron chi connectivity index (χ3n) is 1.03. The van der Waals surface area contributed by atoms with E-state index in [0.717, 1.165) is 0 Å². The molecule has 2 N–H and O–H groups in total. The van der Waals surface area contributed by atoms with Crippen molar-refractivity contribution in [3.63, 3.8) is 0 Å². The average Bonchev–Trinajstić information content (AvgIpc) is 1.97. The molecule has 0 fully saturated rings. The van der Waals surface area contributed by atoms with Crippen molar-refractivity contribution in [2.45, 2.75) is 0 Å². The van der Waals surface area contributed by atoms with Gasteiger partial charge < -0.3 is 10.1 Å². The minimum Gasteiger partial charge on any atom is -0.384 e. The number of methoxy groups -OCH3 is 1. The van der Waals surface area contributed by atoms with Crippen LogP contribution in [0.25, 0.3) is 0 Å². The topological polar surface area (TPSA) is 67.4 Å². The minimum atomic E-state index is -3.14. The zero-order valence-corrected chi connectivity index (χ0v) is 7.57. The van der Waals surface area contributed by atoms with Crippen molar-refractivity contribution in [2.24, 2.45) is 0 Å². The summed E-state index contributed by atoms with van der Waals surface area (Å²) in [7, 11) is -0.0120. The first-order chi connectivity index (χ1) is 5.12. The summed E-state index contributed by atoms with van der Waals surface area (Å²) in [5.74, 6) is 0.00514.